The van der Waals surface area contributed by atoms with Crippen molar-refractivity contribution in [2.45, 2.75) is 20.1 Å². The van der Waals surface area contributed by atoms with Gasteiger partial charge in [0, 0.05) is 13.2 Å². The number of hydrogen-bond acceptors (Lipinski definition) is 3. The molecule has 0 saturated carbocycles. The Morgan fingerprint density at radius 1 is 1.36 bits per heavy atom. The van der Waals surface area contributed by atoms with Crippen molar-refractivity contribution >= 4 is 17.4 Å². The van der Waals surface area contributed by atoms with Crippen LogP contribution in [0.25, 0.3) is 0 Å². The van der Waals surface area contributed by atoms with Crippen molar-refractivity contribution in [3.8, 4) is 0 Å². The van der Waals surface area contributed by atoms with Crippen molar-refractivity contribution in [3.05, 3.63) is 0 Å². The van der Waals surface area contributed by atoms with Gasteiger partial charge in [-0.05, 0) is 13.8 Å². The molecule has 0 aromatic heterocycles. The summed E-state index contributed by atoms with van der Waals surface area (Å²) < 4.78 is 9.96. The Morgan fingerprint density at radius 2 is 1.82 bits per heavy atom. The van der Waals surface area contributed by atoms with E-state index in [-0.39, 0.29) is 11.7 Å². The van der Waals surface area contributed by atoms with Crippen LogP contribution in [-0.4, -0.2) is 31.2 Å². The molecule has 0 amide bonds. The van der Waals surface area contributed by atoms with E-state index < -0.39 is 6.29 Å². The van der Waals surface area contributed by atoms with Crippen LogP contribution in [0.1, 0.15) is 13.8 Å². The van der Waals surface area contributed by atoms with Gasteiger partial charge in [0.25, 0.3) is 0 Å². The summed E-state index contributed by atoms with van der Waals surface area (Å²) in [5.41, 5.74) is 0. The molecule has 0 rings (SSSR count). The van der Waals surface area contributed by atoms with Crippen LogP contribution in [0.4, 0.5) is 0 Å². The zero-order chi connectivity index (χ0) is 8.69. The summed E-state index contributed by atoms with van der Waals surface area (Å²) in [4.78, 5) is 10.9. The van der Waals surface area contributed by atoms with E-state index in [0.717, 1.165) is 0 Å². The van der Waals surface area contributed by atoms with E-state index in [9.17, 15) is 4.79 Å². The summed E-state index contributed by atoms with van der Waals surface area (Å²) in [6.07, 6.45) is -0.775. The molecule has 3 nitrogen and oxygen atoms in total. The van der Waals surface area contributed by atoms with Gasteiger partial charge in [0.15, 0.2) is 0 Å². The lowest BCUT2D eigenvalue weighted by Gasteiger charge is -2.13. The van der Waals surface area contributed by atoms with Crippen LogP contribution in [0, 0.1) is 0 Å². The van der Waals surface area contributed by atoms with Crippen LogP contribution in [0.5, 0.6) is 0 Å². The van der Waals surface area contributed by atoms with E-state index in [4.69, 9.17) is 21.1 Å². The first-order valence-electron chi connectivity index (χ1n) is 3.58. The fraction of sp³-hybridized carbons (Fsp3) is 0.857. The van der Waals surface area contributed by atoms with Gasteiger partial charge in [-0.15, -0.1) is 11.6 Å². The van der Waals surface area contributed by atoms with E-state index in [1.165, 1.54) is 0 Å². The quantitative estimate of drug-likeness (QED) is 0.455. The lowest BCUT2D eigenvalue weighted by Crippen LogP contribution is -2.28. The Hall–Kier alpha value is -0.120. The number of halogens is 1. The minimum absolute atomic E-state index is 0.0648. The minimum Gasteiger partial charge on any atom is -0.346 e. The van der Waals surface area contributed by atoms with Gasteiger partial charge < -0.3 is 9.47 Å². The summed E-state index contributed by atoms with van der Waals surface area (Å²) in [6.45, 7) is 4.50. The maximum atomic E-state index is 10.9. The maximum Gasteiger partial charge on any atom is 0.219 e. The first-order valence-corrected chi connectivity index (χ1v) is 4.11. The molecular weight excluding hydrogens is 168 g/mol. The average molecular weight is 181 g/mol. The predicted molar refractivity (Wildman–Crippen MR) is 42.8 cm³/mol. The van der Waals surface area contributed by atoms with Crippen molar-refractivity contribution in [3.63, 3.8) is 0 Å². The molecule has 0 fully saturated rings. The molecule has 0 aliphatic carbocycles. The molecule has 11 heavy (non-hydrogen) atoms. The van der Waals surface area contributed by atoms with Crippen molar-refractivity contribution in [2.75, 3.05) is 19.1 Å². The van der Waals surface area contributed by atoms with E-state index in [1.807, 2.05) is 0 Å². The Bertz CT molecular complexity index is 110. The van der Waals surface area contributed by atoms with Gasteiger partial charge in [0.2, 0.25) is 12.1 Å². The van der Waals surface area contributed by atoms with Crippen LogP contribution in [0.3, 0.4) is 0 Å². The molecule has 0 saturated heterocycles. The minimum atomic E-state index is -0.775. The molecule has 0 atom stereocenters. The largest absolute Gasteiger partial charge is 0.346 e. The Labute approximate surface area is 71.6 Å². The molecule has 0 unspecified atom stereocenters. The topological polar surface area (TPSA) is 35.5 Å². The number of hydrogen-bond donors (Lipinski definition) is 0. The summed E-state index contributed by atoms with van der Waals surface area (Å²) in [6, 6.07) is 0. The molecule has 4 heteroatoms. The highest BCUT2D eigenvalue weighted by atomic mass is 35.5. The third-order valence-corrected chi connectivity index (χ3v) is 1.29. The van der Waals surface area contributed by atoms with Gasteiger partial charge in [0.1, 0.15) is 0 Å². The third kappa shape index (κ3) is 4.35. The number of carbonyl (C=O) groups is 1. The predicted octanol–water partition coefficient (Wildman–Crippen LogP) is 1.19. The van der Waals surface area contributed by atoms with Gasteiger partial charge in [-0.1, -0.05) is 0 Å². The van der Waals surface area contributed by atoms with E-state index in [1.54, 1.807) is 13.8 Å². The third-order valence-electron chi connectivity index (χ3n) is 1.03. The van der Waals surface area contributed by atoms with Gasteiger partial charge in [-0.3, -0.25) is 4.79 Å². The second-order valence-corrected chi connectivity index (χ2v) is 2.11. The van der Waals surface area contributed by atoms with Crippen molar-refractivity contribution in [2.24, 2.45) is 0 Å². The normalized spacial score (nSPS) is 10.5. The standard InChI is InChI=1S/C7H13ClO3/c1-3-10-7(11-4-2)6(9)5-8/h7H,3-5H2,1-2H3. The molecular formula is C7H13ClO3. The second kappa shape index (κ2) is 6.58. The molecule has 0 spiro atoms. The first kappa shape index (κ1) is 10.9. The fourth-order valence-electron chi connectivity index (χ4n) is 0.600. The summed E-state index contributed by atoms with van der Waals surface area (Å²) in [5, 5.41) is 0. The van der Waals surface area contributed by atoms with Gasteiger partial charge >= 0.3 is 0 Å². The summed E-state index contributed by atoms with van der Waals surface area (Å²) in [5.74, 6) is -0.291. The first-order chi connectivity index (χ1) is 5.26. The van der Waals surface area contributed by atoms with Gasteiger partial charge in [0.05, 0.1) is 5.88 Å². The van der Waals surface area contributed by atoms with Crippen LogP contribution in [0.2, 0.25) is 0 Å². The van der Waals surface area contributed by atoms with Crippen LogP contribution in [-0.2, 0) is 14.3 Å². The molecule has 0 aromatic rings. The lowest BCUT2D eigenvalue weighted by atomic mass is 10.4. The highest BCUT2D eigenvalue weighted by molar-refractivity contribution is 6.28. The molecule has 0 bridgehead atoms. The van der Waals surface area contributed by atoms with E-state index in [2.05, 4.69) is 0 Å². The van der Waals surface area contributed by atoms with Crippen molar-refractivity contribution < 1.29 is 14.3 Å². The fourth-order valence-corrected chi connectivity index (χ4v) is 0.726. The molecule has 0 N–H and O–H groups in total. The summed E-state index contributed by atoms with van der Waals surface area (Å²) in [7, 11) is 0. The Morgan fingerprint density at radius 3 is 2.09 bits per heavy atom. The zero-order valence-electron chi connectivity index (χ0n) is 6.80. The maximum absolute atomic E-state index is 10.9. The molecule has 0 heterocycles. The van der Waals surface area contributed by atoms with E-state index >= 15 is 0 Å². The molecule has 0 aromatic carbocycles. The van der Waals surface area contributed by atoms with Gasteiger partial charge in [-0.25, -0.2) is 0 Å². The number of carbonyl (C=O) groups excluding carboxylic acids is 1. The highest BCUT2D eigenvalue weighted by Crippen LogP contribution is 1.98. The average Bonchev–Trinajstić information content (AvgIpc) is 2.03. The summed E-state index contributed by atoms with van der Waals surface area (Å²) >= 11 is 5.31. The zero-order valence-corrected chi connectivity index (χ0v) is 7.56. The van der Waals surface area contributed by atoms with Crippen molar-refractivity contribution in [1.29, 1.82) is 0 Å². The van der Waals surface area contributed by atoms with Crippen molar-refractivity contribution in [1.82, 2.24) is 0 Å². The SMILES string of the molecule is CCOC(OCC)C(=O)CCl. The number of Topliss-reactive ketones (excluding diaryl/α,β-unsaturated/α-hetero) is 1. The smallest absolute Gasteiger partial charge is 0.219 e. The number of ether oxygens (including phenoxy) is 2. The number of ketones is 1. The second-order valence-electron chi connectivity index (χ2n) is 1.84. The van der Waals surface area contributed by atoms with Gasteiger partial charge in [-0.2, -0.15) is 0 Å². The Kier molecular flexibility index (Phi) is 6.51. The number of rotatable bonds is 6. The lowest BCUT2D eigenvalue weighted by molar-refractivity contribution is -0.165. The monoisotopic (exact) mass is 180 g/mol. The highest BCUT2D eigenvalue weighted by Gasteiger charge is 2.16. The molecule has 0 aliphatic rings. The van der Waals surface area contributed by atoms with Crippen LogP contribution < -0.4 is 0 Å². The molecule has 66 valence electrons. The molecule has 0 aliphatic heterocycles. The van der Waals surface area contributed by atoms with Crippen LogP contribution in [0.15, 0.2) is 0 Å². The molecule has 0 radical (unpaired) electrons. The Balaban J connectivity index is 3.76. The number of alkyl halides is 1. The van der Waals surface area contributed by atoms with Crippen LogP contribution >= 0.6 is 11.6 Å². The van der Waals surface area contributed by atoms with E-state index in [0.29, 0.717) is 13.2 Å².